The number of rotatable bonds is 6. The molecule has 0 spiro atoms. The first-order chi connectivity index (χ1) is 12.8. The molecule has 0 aliphatic heterocycles. The van der Waals surface area contributed by atoms with Crippen molar-refractivity contribution in [3.63, 3.8) is 0 Å². The molecule has 27 heavy (non-hydrogen) atoms. The lowest BCUT2D eigenvalue weighted by Crippen LogP contribution is -2.17. The van der Waals surface area contributed by atoms with Crippen molar-refractivity contribution in [2.45, 2.75) is 59.2 Å². The molecule has 1 aromatic carbocycles. The molecule has 0 fully saturated rings. The van der Waals surface area contributed by atoms with Gasteiger partial charge in [-0.1, -0.05) is 6.07 Å². The van der Waals surface area contributed by atoms with Crippen LogP contribution < -0.4 is 10.1 Å². The first-order valence-corrected chi connectivity index (χ1v) is 10.1. The third kappa shape index (κ3) is 4.50. The highest BCUT2D eigenvalue weighted by molar-refractivity contribution is 7.17. The highest BCUT2D eigenvalue weighted by Crippen LogP contribution is 2.40. The lowest BCUT2D eigenvalue weighted by molar-refractivity contribution is 0.0378. The van der Waals surface area contributed by atoms with Crippen molar-refractivity contribution >= 4 is 28.2 Å². The van der Waals surface area contributed by atoms with Crippen LogP contribution in [0.25, 0.3) is 0 Å². The van der Waals surface area contributed by atoms with Crippen molar-refractivity contribution in [2.75, 3.05) is 5.32 Å². The number of hydrogen-bond acceptors (Lipinski definition) is 5. The summed E-state index contributed by atoms with van der Waals surface area (Å²) in [7, 11) is 0. The Hall–Kier alpha value is -2.34. The fourth-order valence-corrected chi connectivity index (χ4v) is 4.41. The Morgan fingerprint density at radius 3 is 2.59 bits per heavy atom. The van der Waals surface area contributed by atoms with E-state index in [0.29, 0.717) is 21.9 Å². The molecule has 1 aliphatic carbocycles. The molecule has 6 heteroatoms. The molecule has 0 bridgehead atoms. The van der Waals surface area contributed by atoms with E-state index in [1.807, 2.05) is 33.8 Å². The third-order valence-electron chi connectivity index (χ3n) is 4.16. The van der Waals surface area contributed by atoms with Gasteiger partial charge in [0.25, 0.3) is 5.91 Å². The highest BCUT2D eigenvalue weighted by Gasteiger charge is 2.29. The van der Waals surface area contributed by atoms with E-state index in [-0.39, 0.29) is 24.1 Å². The Morgan fingerprint density at radius 2 is 1.89 bits per heavy atom. The van der Waals surface area contributed by atoms with Crippen molar-refractivity contribution in [3.8, 4) is 5.75 Å². The molecular weight excluding hydrogens is 362 g/mol. The minimum absolute atomic E-state index is 0.0287. The smallest absolute Gasteiger partial charge is 0.341 e. The Kier molecular flexibility index (Phi) is 5.85. The molecule has 5 nitrogen and oxygen atoms in total. The fourth-order valence-electron chi connectivity index (χ4n) is 3.14. The quantitative estimate of drug-likeness (QED) is 0.720. The van der Waals surface area contributed by atoms with Crippen molar-refractivity contribution in [2.24, 2.45) is 0 Å². The predicted molar refractivity (Wildman–Crippen MR) is 107 cm³/mol. The number of ether oxygens (including phenoxy) is 2. The van der Waals surface area contributed by atoms with Crippen molar-refractivity contribution in [1.29, 1.82) is 0 Å². The van der Waals surface area contributed by atoms with Crippen LogP contribution in [0.5, 0.6) is 5.75 Å². The molecule has 1 amide bonds. The van der Waals surface area contributed by atoms with E-state index in [0.717, 1.165) is 29.7 Å². The number of hydrogen-bond donors (Lipinski definition) is 1. The molecule has 0 saturated carbocycles. The number of carbonyl (C=O) groups excluding carboxylic acids is 2. The monoisotopic (exact) mass is 387 g/mol. The van der Waals surface area contributed by atoms with E-state index in [4.69, 9.17) is 9.47 Å². The van der Waals surface area contributed by atoms with Crippen LogP contribution in [-0.4, -0.2) is 24.1 Å². The summed E-state index contributed by atoms with van der Waals surface area (Å²) in [6.45, 7) is 7.52. The fraction of sp³-hybridized carbons (Fsp3) is 0.429. The number of thiophene rings is 1. The molecule has 0 radical (unpaired) electrons. The SMILES string of the molecule is CC(C)OC(=O)c1c(NC(=O)c2cccc(OC(C)C)c2)sc2c1CCC2. The zero-order chi connectivity index (χ0) is 19.6. The van der Waals surface area contributed by atoms with Crippen LogP contribution in [0, 0.1) is 0 Å². The maximum absolute atomic E-state index is 12.8. The Labute approximate surface area is 163 Å². The number of nitrogens with one attached hydrogen (secondary N) is 1. The minimum Gasteiger partial charge on any atom is -0.491 e. The van der Waals surface area contributed by atoms with Crippen LogP contribution in [0.2, 0.25) is 0 Å². The first kappa shape index (κ1) is 19.4. The molecule has 0 unspecified atom stereocenters. The second kappa shape index (κ2) is 8.13. The third-order valence-corrected chi connectivity index (χ3v) is 5.37. The average Bonchev–Trinajstić information content (AvgIpc) is 3.14. The summed E-state index contributed by atoms with van der Waals surface area (Å²) in [6, 6.07) is 7.05. The summed E-state index contributed by atoms with van der Waals surface area (Å²) < 4.78 is 11.1. The lowest BCUT2D eigenvalue weighted by atomic mass is 10.1. The summed E-state index contributed by atoms with van der Waals surface area (Å²) in [6.07, 6.45) is 2.65. The summed E-state index contributed by atoms with van der Waals surface area (Å²) in [5, 5.41) is 3.49. The molecule has 0 atom stereocenters. The number of carbonyl (C=O) groups is 2. The molecule has 0 saturated heterocycles. The minimum atomic E-state index is -0.364. The van der Waals surface area contributed by atoms with Gasteiger partial charge in [0.05, 0.1) is 17.8 Å². The second-order valence-electron chi connectivity index (χ2n) is 7.16. The van der Waals surface area contributed by atoms with E-state index in [1.54, 1.807) is 18.2 Å². The van der Waals surface area contributed by atoms with E-state index in [2.05, 4.69) is 5.32 Å². The van der Waals surface area contributed by atoms with Crippen LogP contribution >= 0.6 is 11.3 Å². The van der Waals surface area contributed by atoms with Crippen LogP contribution in [0.3, 0.4) is 0 Å². The normalized spacial score (nSPS) is 13.0. The standard InChI is InChI=1S/C21H25NO4S/c1-12(2)25-15-8-5-7-14(11-15)19(23)22-20-18(21(24)26-13(3)4)16-9-6-10-17(16)27-20/h5,7-8,11-13H,6,9-10H2,1-4H3,(H,22,23). The molecule has 1 aliphatic rings. The van der Waals surface area contributed by atoms with Crippen LogP contribution in [-0.2, 0) is 17.6 Å². The molecule has 1 aromatic heterocycles. The van der Waals surface area contributed by atoms with Gasteiger partial charge in [-0.25, -0.2) is 4.79 Å². The zero-order valence-corrected chi connectivity index (χ0v) is 16.9. The Bertz CT molecular complexity index is 854. The average molecular weight is 388 g/mol. The number of esters is 1. The maximum atomic E-state index is 12.8. The topological polar surface area (TPSA) is 64.6 Å². The van der Waals surface area contributed by atoms with Gasteiger partial charge in [-0.3, -0.25) is 4.79 Å². The van der Waals surface area contributed by atoms with Crippen LogP contribution in [0.1, 0.15) is 65.3 Å². The van der Waals surface area contributed by atoms with Crippen molar-refractivity contribution < 1.29 is 19.1 Å². The van der Waals surface area contributed by atoms with Gasteiger partial charge in [-0.2, -0.15) is 0 Å². The molecule has 144 valence electrons. The largest absolute Gasteiger partial charge is 0.491 e. The predicted octanol–water partition coefficient (Wildman–Crippen LogP) is 4.84. The van der Waals surface area contributed by atoms with Crippen LogP contribution in [0.4, 0.5) is 5.00 Å². The molecule has 3 rings (SSSR count). The van der Waals surface area contributed by atoms with E-state index in [9.17, 15) is 9.59 Å². The maximum Gasteiger partial charge on any atom is 0.341 e. The van der Waals surface area contributed by atoms with Crippen LogP contribution in [0.15, 0.2) is 24.3 Å². The van der Waals surface area contributed by atoms with Gasteiger partial charge in [-0.15, -0.1) is 11.3 Å². The number of amides is 1. The van der Waals surface area contributed by atoms with E-state index >= 15 is 0 Å². The highest BCUT2D eigenvalue weighted by atomic mass is 32.1. The molecule has 1 N–H and O–H groups in total. The summed E-state index contributed by atoms with van der Waals surface area (Å²) >= 11 is 1.48. The zero-order valence-electron chi connectivity index (χ0n) is 16.1. The van der Waals surface area contributed by atoms with Gasteiger partial charge in [0.1, 0.15) is 10.8 Å². The molecule has 1 heterocycles. The first-order valence-electron chi connectivity index (χ1n) is 9.28. The molecule has 2 aromatic rings. The van der Waals surface area contributed by atoms with Gasteiger partial charge in [-0.05, 0) is 70.7 Å². The number of anilines is 1. The summed E-state index contributed by atoms with van der Waals surface area (Å²) in [4.78, 5) is 26.5. The summed E-state index contributed by atoms with van der Waals surface area (Å²) in [5.41, 5.74) is 2.03. The lowest BCUT2D eigenvalue weighted by Gasteiger charge is -2.12. The number of fused-ring (bicyclic) bond motifs is 1. The van der Waals surface area contributed by atoms with Gasteiger partial charge in [0, 0.05) is 10.4 Å². The molecular formula is C21H25NO4S. The van der Waals surface area contributed by atoms with Gasteiger partial charge >= 0.3 is 5.97 Å². The second-order valence-corrected chi connectivity index (χ2v) is 8.27. The van der Waals surface area contributed by atoms with E-state index < -0.39 is 0 Å². The number of aryl methyl sites for hydroxylation is 1. The van der Waals surface area contributed by atoms with Gasteiger partial charge in [0.2, 0.25) is 0 Å². The van der Waals surface area contributed by atoms with Crippen molar-refractivity contribution in [3.05, 3.63) is 45.8 Å². The van der Waals surface area contributed by atoms with E-state index in [1.165, 1.54) is 11.3 Å². The summed E-state index contributed by atoms with van der Waals surface area (Å²) in [5.74, 6) is 0.0186. The Morgan fingerprint density at radius 1 is 1.11 bits per heavy atom. The van der Waals surface area contributed by atoms with Crippen molar-refractivity contribution in [1.82, 2.24) is 0 Å². The van der Waals surface area contributed by atoms with Gasteiger partial charge < -0.3 is 14.8 Å². The van der Waals surface area contributed by atoms with Gasteiger partial charge in [0.15, 0.2) is 0 Å². The number of benzene rings is 1. The Balaban J connectivity index is 1.85.